The van der Waals surface area contributed by atoms with Gasteiger partial charge in [-0.2, -0.15) is 4.31 Å². The maximum atomic E-state index is 14.1. The van der Waals surface area contributed by atoms with Crippen molar-refractivity contribution in [3.8, 4) is 0 Å². The first-order valence-corrected chi connectivity index (χ1v) is 18.6. The number of hydrogen-bond acceptors (Lipinski definition) is 9. The van der Waals surface area contributed by atoms with Gasteiger partial charge in [-0.1, -0.05) is 81.8 Å². The molecule has 16 heteroatoms. The zero-order valence-electron chi connectivity index (χ0n) is 29.7. The number of nitrogens with two attached hydrogens (primary N) is 1. The number of nitrogens with one attached hydrogen (secondary N) is 1. The van der Waals surface area contributed by atoms with E-state index in [0.29, 0.717) is 11.1 Å². The highest BCUT2D eigenvalue weighted by Crippen LogP contribution is 2.27. The van der Waals surface area contributed by atoms with E-state index >= 15 is 0 Å². The molecule has 0 radical (unpaired) electrons. The summed E-state index contributed by atoms with van der Waals surface area (Å²) in [5.74, 6) is -1.84. The van der Waals surface area contributed by atoms with Crippen LogP contribution in [0.15, 0.2) is 71.6 Å². The first-order chi connectivity index (χ1) is 24.4. The number of aliphatic hydroxyl groups excluding tert-OH is 1. The second-order valence-electron chi connectivity index (χ2n) is 13.7. The molecular weight excluding hydrogens is 712 g/mol. The molecule has 52 heavy (non-hydrogen) atoms. The second kappa shape index (κ2) is 16.8. The van der Waals surface area contributed by atoms with Gasteiger partial charge >= 0.3 is 6.03 Å². The molecule has 0 aliphatic carbocycles. The third-order valence-electron chi connectivity index (χ3n) is 8.79. The van der Waals surface area contributed by atoms with E-state index in [0.717, 1.165) is 19.7 Å². The molecule has 0 bridgehead atoms. The first-order valence-electron chi connectivity index (χ1n) is 16.8. The standard InChI is InChI=1S/C36H45ClN6O8S/c1-22(2)18-40(52(50,51)27-13-14-28(37)29(38)17-27)20-32(44)30(15-25-9-7-6-8-10-25)39-35(46)34(23(3)4)42-21-33(45)41(36(42)47)19-26-12-11-24(5)31(16-26)43(48)49/h6-14,16-17,22-23,30,32,34,44H,15,18-21,38H2,1-5H3,(H,39,46)/t30-,32-,34-/m0/s1. The lowest BCUT2D eigenvalue weighted by Gasteiger charge is -2.34. The molecule has 1 saturated heterocycles. The van der Waals surface area contributed by atoms with Crippen LogP contribution in [0.25, 0.3) is 0 Å². The van der Waals surface area contributed by atoms with Crippen molar-refractivity contribution >= 4 is 50.8 Å². The fraction of sp³-hybridized carbons (Fsp3) is 0.417. The van der Waals surface area contributed by atoms with Crippen LogP contribution in [-0.2, 0) is 32.6 Å². The Balaban J connectivity index is 1.60. The minimum Gasteiger partial charge on any atom is -0.397 e. The van der Waals surface area contributed by atoms with Crippen LogP contribution in [0, 0.1) is 28.9 Å². The van der Waals surface area contributed by atoms with Crippen molar-refractivity contribution in [3.63, 3.8) is 0 Å². The predicted octanol–water partition coefficient (Wildman–Crippen LogP) is 4.36. The summed E-state index contributed by atoms with van der Waals surface area (Å²) >= 11 is 6.04. The zero-order valence-corrected chi connectivity index (χ0v) is 31.3. The summed E-state index contributed by atoms with van der Waals surface area (Å²) in [5.41, 5.74) is 7.40. The lowest BCUT2D eigenvalue weighted by Crippen LogP contribution is -2.57. The molecule has 0 spiro atoms. The summed E-state index contributed by atoms with van der Waals surface area (Å²) in [6, 6.07) is 14.5. The maximum Gasteiger partial charge on any atom is 0.328 e. The topological polar surface area (TPSA) is 196 Å². The average Bonchev–Trinajstić information content (AvgIpc) is 3.33. The summed E-state index contributed by atoms with van der Waals surface area (Å²) in [7, 11) is -4.17. The quantitative estimate of drug-likeness (QED) is 0.0823. The number of aliphatic hydroxyl groups is 1. The number of benzene rings is 3. The number of urea groups is 1. The number of amides is 4. The molecule has 3 aromatic rings. The van der Waals surface area contributed by atoms with Crippen molar-refractivity contribution in [3.05, 3.63) is 98.6 Å². The van der Waals surface area contributed by atoms with E-state index < -0.39 is 63.4 Å². The van der Waals surface area contributed by atoms with Crippen molar-refractivity contribution < 1.29 is 32.8 Å². The highest BCUT2D eigenvalue weighted by Gasteiger charge is 2.44. The third kappa shape index (κ3) is 9.45. The van der Waals surface area contributed by atoms with Gasteiger partial charge in [-0.3, -0.25) is 24.6 Å². The van der Waals surface area contributed by atoms with E-state index in [1.807, 2.05) is 19.9 Å². The summed E-state index contributed by atoms with van der Waals surface area (Å²) in [6.45, 7) is 7.71. The van der Waals surface area contributed by atoms with E-state index in [2.05, 4.69) is 5.32 Å². The Hall–Kier alpha value is -4.57. The molecule has 1 fully saturated rings. The number of nitrogens with zero attached hydrogens (tertiary/aromatic N) is 4. The maximum absolute atomic E-state index is 14.1. The van der Waals surface area contributed by atoms with Gasteiger partial charge in [0.1, 0.15) is 12.6 Å². The molecule has 4 N–H and O–H groups in total. The normalized spacial score (nSPS) is 15.4. The van der Waals surface area contributed by atoms with Crippen LogP contribution in [0.1, 0.15) is 44.4 Å². The van der Waals surface area contributed by atoms with Gasteiger partial charge in [0.05, 0.1) is 39.2 Å². The number of carbonyl (C=O) groups is 3. The van der Waals surface area contributed by atoms with E-state index in [-0.39, 0.29) is 53.3 Å². The van der Waals surface area contributed by atoms with Crippen molar-refractivity contribution in [2.24, 2.45) is 11.8 Å². The Morgan fingerprint density at radius 2 is 1.71 bits per heavy atom. The minimum atomic E-state index is -4.17. The molecule has 1 aliphatic heterocycles. The highest BCUT2D eigenvalue weighted by molar-refractivity contribution is 7.89. The van der Waals surface area contributed by atoms with Gasteiger partial charge in [-0.15, -0.1) is 0 Å². The lowest BCUT2D eigenvalue weighted by molar-refractivity contribution is -0.385. The number of aryl methyl sites for hydroxylation is 1. The number of carbonyl (C=O) groups excluding carboxylic acids is 3. The number of imide groups is 1. The summed E-state index contributed by atoms with van der Waals surface area (Å²) in [6.07, 6.45) is -1.30. The summed E-state index contributed by atoms with van der Waals surface area (Å²) < 4.78 is 28.9. The summed E-state index contributed by atoms with van der Waals surface area (Å²) in [5, 5.41) is 26.3. The molecule has 14 nitrogen and oxygen atoms in total. The van der Waals surface area contributed by atoms with Crippen LogP contribution in [0.3, 0.4) is 0 Å². The van der Waals surface area contributed by atoms with E-state index in [1.54, 1.807) is 51.1 Å². The van der Waals surface area contributed by atoms with Gasteiger partial charge in [0, 0.05) is 24.7 Å². The van der Waals surface area contributed by atoms with Crippen molar-refractivity contribution in [2.75, 3.05) is 25.4 Å². The molecule has 0 aromatic heterocycles. The molecular formula is C36H45ClN6O8S. The molecule has 4 rings (SSSR count). The van der Waals surface area contributed by atoms with Crippen LogP contribution in [0.2, 0.25) is 5.02 Å². The Morgan fingerprint density at radius 3 is 2.31 bits per heavy atom. The Morgan fingerprint density at radius 1 is 1.04 bits per heavy atom. The van der Waals surface area contributed by atoms with E-state index in [1.165, 1.54) is 30.3 Å². The fourth-order valence-electron chi connectivity index (χ4n) is 6.14. The third-order valence-corrected chi connectivity index (χ3v) is 11.0. The monoisotopic (exact) mass is 756 g/mol. The number of sulfonamides is 1. The Bertz CT molecular complexity index is 1910. The largest absolute Gasteiger partial charge is 0.397 e. The van der Waals surface area contributed by atoms with Gasteiger partial charge in [0.15, 0.2) is 0 Å². The molecule has 1 aliphatic rings. The number of nitro groups is 1. The van der Waals surface area contributed by atoms with Crippen molar-refractivity contribution in [1.82, 2.24) is 19.4 Å². The van der Waals surface area contributed by atoms with E-state index in [9.17, 15) is 38.0 Å². The smallest absolute Gasteiger partial charge is 0.328 e. The number of hydrogen-bond donors (Lipinski definition) is 3. The Labute approximate surface area is 308 Å². The molecule has 3 atom stereocenters. The average molecular weight is 757 g/mol. The van der Waals surface area contributed by atoms with Crippen LogP contribution < -0.4 is 11.1 Å². The number of nitro benzene ring substituents is 1. The fourth-order valence-corrected chi connectivity index (χ4v) is 7.91. The minimum absolute atomic E-state index is 0.0485. The number of anilines is 1. The molecule has 4 amide bonds. The second-order valence-corrected chi connectivity index (χ2v) is 16.1. The van der Waals surface area contributed by atoms with Crippen molar-refractivity contribution in [2.45, 2.75) is 70.7 Å². The van der Waals surface area contributed by atoms with E-state index in [4.69, 9.17) is 17.3 Å². The number of halogens is 1. The Kier molecular flexibility index (Phi) is 13.0. The van der Waals surface area contributed by atoms with Gasteiger partial charge < -0.3 is 21.1 Å². The van der Waals surface area contributed by atoms with Crippen LogP contribution in [-0.4, -0.2) is 88.2 Å². The molecule has 280 valence electrons. The van der Waals surface area contributed by atoms with Gasteiger partial charge in [0.2, 0.25) is 15.9 Å². The molecule has 1 heterocycles. The molecule has 0 unspecified atom stereocenters. The predicted molar refractivity (Wildman–Crippen MR) is 197 cm³/mol. The van der Waals surface area contributed by atoms with Gasteiger partial charge in [-0.25, -0.2) is 13.2 Å². The van der Waals surface area contributed by atoms with Gasteiger partial charge in [-0.05, 0) is 54.5 Å². The zero-order chi connectivity index (χ0) is 38.5. The number of nitrogen functional groups attached to an aromatic ring is 1. The van der Waals surface area contributed by atoms with Crippen LogP contribution >= 0.6 is 11.6 Å². The van der Waals surface area contributed by atoms with Crippen LogP contribution in [0.5, 0.6) is 0 Å². The highest BCUT2D eigenvalue weighted by atomic mass is 35.5. The van der Waals surface area contributed by atoms with Crippen molar-refractivity contribution in [1.29, 1.82) is 0 Å². The lowest BCUT2D eigenvalue weighted by atomic mass is 9.97. The van der Waals surface area contributed by atoms with Gasteiger partial charge in [0.25, 0.3) is 11.6 Å². The molecule has 0 saturated carbocycles. The SMILES string of the molecule is Cc1ccc(CN2C(=O)CN([C@H](C(=O)N[C@@H](Cc3ccccc3)[C@@H](O)CN(CC(C)C)S(=O)(=O)c3ccc(Cl)c(N)c3)C(C)C)C2=O)cc1[N+](=O)[O-]. The van der Waals surface area contributed by atoms with Crippen LogP contribution in [0.4, 0.5) is 16.2 Å². The first kappa shape index (κ1) is 40.2. The molecule has 3 aromatic carbocycles. The summed E-state index contributed by atoms with van der Waals surface area (Å²) in [4.78, 5) is 53.9. The number of rotatable bonds is 16.